The molecule has 4 amide bonds. The lowest BCUT2D eigenvalue weighted by Gasteiger charge is -2.54. The van der Waals surface area contributed by atoms with Crippen molar-refractivity contribution in [2.45, 2.75) is 55.3 Å². The normalized spacial score (nSPS) is 23.9. The summed E-state index contributed by atoms with van der Waals surface area (Å²) in [4.78, 5) is 52.0. The van der Waals surface area contributed by atoms with Crippen molar-refractivity contribution in [3.63, 3.8) is 0 Å². The van der Waals surface area contributed by atoms with Crippen LogP contribution in [-0.2, 0) is 38.8 Å². The lowest BCUT2D eigenvalue weighted by Crippen LogP contribution is -2.72. The van der Waals surface area contributed by atoms with Crippen LogP contribution in [0.25, 0.3) is 0 Å². The number of amides is 4. The minimum Gasteiger partial charge on any atom is -0.489 e. The maximum Gasteiger partial charge on any atom is 0.255 e. The molecule has 0 saturated carbocycles. The molecule has 9 nitrogen and oxygen atoms in total. The summed E-state index contributed by atoms with van der Waals surface area (Å²) in [6.45, 7) is 0.386. The molecule has 1 N–H and O–H groups in total. The van der Waals surface area contributed by atoms with Crippen molar-refractivity contribution in [1.82, 2.24) is 15.1 Å². The molecule has 3 aliphatic rings. The van der Waals surface area contributed by atoms with Gasteiger partial charge in [-0.25, -0.2) is 0 Å². The number of rotatable bonds is 6. The standard InChI is InChI=1S/C25H20B5N3O6/c26-22-24(27,28)33(23(37)25(29,30)39-22)10-13-4-6-14(7-5-13)12-38-18-3-1-2-15-16(18)11-32(21(15)36)17-8-9-19(34)31-20(17)35/h1-7,17,22H,8-12H2,(H,31,34,35). The van der Waals surface area contributed by atoms with E-state index in [0.29, 0.717) is 22.4 Å². The fourth-order valence-electron chi connectivity index (χ4n) is 4.88. The molecular weight excluding hydrogens is 492 g/mol. The van der Waals surface area contributed by atoms with E-state index >= 15 is 0 Å². The average Bonchev–Trinajstić information content (AvgIpc) is 3.22. The highest BCUT2D eigenvalue weighted by Gasteiger charge is 2.47. The van der Waals surface area contributed by atoms with Crippen LogP contribution in [0.15, 0.2) is 42.5 Å². The van der Waals surface area contributed by atoms with Crippen molar-refractivity contribution in [2.24, 2.45) is 0 Å². The van der Waals surface area contributed by atoms with Crippen LogP contribution in [0, 0.1) is 0 Å². The van der Waals surface area contributed by atoms with Crippen LogP contribution in [0.3, 0.4) is 0 Å². The Morgan fingerprint density at radius 1 is 1.00 bits per heavy atom. The minimum atomic E-state index is -2.15. The van der Waals surface area contributed by atoms with Gasteiger partial charge in [-0.3, -0.25) is 24.5 Å². The summed E-state index contributed by atoms with van der Waals surface area (Å²) in [5.41, 5.74) is 2.64. The van der Waals surface area contributed by atoms with Crippen molar-refractivity contribution in [3.05, 3.63) is 64.7 Å². The Balaban J connectivity index is 1.25. The first-order valence-electron chi connectivity index (χ1n) is 12.3. The number of carbonyl (C=O) groups is 4. The maximum absolute atomic E-state index is 13.0. The zero-order valence-electron chi connectivity index (χ0n) is 21.0. The fraction of sp³-hybridized carbons (Fsp3) is 0.360. The van der Waals surface area contributed by atoms with E-state index < -0.39 is 34.6 Å². The van der Waals surface area contributed by atoms with Crippen LogP contribution in [0.1, 0.15) is 39.9 Å². The molecule has 10 radical (unpaired) electrons. The van der Waals surface area contributed by atoms with E-state index in [9.17, 15) is 19.2 Å². The molecule has 0 spiro atoms. The Bertz CT molecular complexity index is 1350. The number of nitrogens with one attached hydrogen (secondary N) is 1. The molecule has 39 heavy (non-hydrogen) atoms. The van der Waals surface area contributed by atoms with E-state index in [1.165, 1.54) is 4.90 Å². The maximum atomic E-state index is 13.0. The molecule has 2 saturated heterocycles. The van der Waals surface area contributed by atoms with E-state index in [1.54, 1.807) is 42.5 Å². The monoisotopic (exact) mass is 513 g/mol. The van der Waals surface area contributed by atoms with E-state index in [-0.39, 0.29) is 44.4 Å². The number of imide groups is 1. The number of fused-ring (bicyclic) bond motifs is 1. The number of hydrogen-bond acceptors (Lipinski definition) is 6. The number of nitrogens with zero attached hydrogens (tertiary/aromatic N) is 2. The van der Waals surface area contributed by atoms with Crippen LogP contribution in [0.2, 0.25) is 0 Å². The van der Waals surface area contributed by atoms with Gasteiger partial charge < -0.3 is 19.3 Å². The summed E-state index contributed by atoms with van der Waals surface area (Å²) in [5.74, 6) is -1.37. The summed E-state index contributed by atoms with van der Waals surface area (Å²) in [6.07, 6.45) is 0.459. The molecule has 2 unspecified atom stereocenters. The van der Waals surface area contributed by atoms with Crippen molar-refractivity contribution >= 4 is 62.9 Å². The van der Waals surface area contributed by atoms with E-state index in [4.69, 9.17) is 48.7 Å². The van der Waals surface area contributed by atoms with Crippen molar-refractivity contribution < 1.29 is 28.7 Å². The first-order chi connectivity index (χ1) is 18.4. The van der Waals surface area contributed by atoms with Gasteiger partial charge in [-0.1, -0.05) is 30.3 Å². The van der Waals surface area contributed by atoms with Gasteiger partial charge in [0, 0.05) is 30.1 Å². The predicted octanol–water partition coefficient (Wildman–Crippen LogP) is -1.14. The average molecular weight is 513 g/mol. The molecule has 3 heterocycles. The lowest BCUT2D eigenvalue weighted by molar-refractivity contribution is -0.159. The van der Waals surface area contributed by atoms with Gasteiger partial charge in [-0.2, -0.15) is 0 Å². The lowest BCUT2D eigenvalue weighted by atomic mass is 9.49. The Morgan fingerprint density at radius 2 is 1.69 bits per heavy atom. The molecule has 5 rings (SSSR count). The number of carbonyl (C=O) groups excluding carboxylic acids is 4. The van der Waals surface area contributed by atoms with Gasteiger partial charge in [0.15, 0.2) is 0 Å². The van der Waals surface area contributed by atoms with E-state index in [2.05, 4.69) is 5.32 Å². The molecule has 0 bridgehead atoms. The van der Waals surface area contributed by atoms with Gasteiger partial charge >= 0.3 is 0 Å². The van der Waals surface area contributed by atoms with Crippen LogP contribution < -0.4 is 10.1 Å². The molecule has 2 atom stereocenters. The van der Waals surface area contributed by atoms with Gasteiger partial charge in [-0.15, -0.1) is 0 Å². The van der Waals surface area contributed by atoms with Gasteiger partial charge in [-0.05, 0) is 35.0 Å². The first kappa shape index (κ1) is 27.2. The molecule has 2 fully saturated rings. The molecule has 0 aromatic heterocycles. The Kier molecular flexibility index (Phi) is 6.95. The topological polar surface area (TPSA) is 105 Å². The van der Waals surface area contributed by atoms with Crippen molar-refractivity contribution in [2.75, 3.05) is 0 Å². The first-order valence-corrected chi connectivity index (χ1v) is 12.3. The quantitative estimate of drug-likeness (QED) is 0.388. The number of piperidine rings is 1. The fourth-order valence-corrected chi connectivity index (χ4v) is 4.88. The van der Waals surface area contributed by atoms with Crippen LogP contribution in [-0.4, -0.2) is 95.4 Å². The van der Waals surface area contributed by atoms with E-state index in [0.717, 1.165) is 10.5 Å². The molecule has 186 valence electrons. The van der Waals surface area contributed by atoms with Gasteiger partial charge in [0.2, 0.25) is 17.7 Å². The molecule has 3 aliphatic heterocycles. The van der Waals surface area contributed by atoms with Gasteiger partial charge in [0.25, 0.3) is 5.91 Å². The summed E-state index contributed by atoms with van der Waals surface area (Å²) in [6, 6.07) is 10.3. The zero-order chi connectivity index (χ0) is 28.1. The third-order valence-electron chi connectivity index (χ3n) is 7.12. The van der Waals surface area contributed by atoms with Crippen molar-refractivity contribution in [3.8, 4) is 5.75 Å². The number of morpholine rings is 1. The molecule has 2 aromatic carbocycles. The number of benzene rings is 2. The second kappa shape index (κ2) is 9.97. The third-order valence-corrected chi connectivity index (χ3v) is 7.12. The second-order valence-electron chi connectivity index (χ2n) is 9.90. The Labute approximate surface area is 232 Å². The molecule has 14 heteroatoms. The smallest absolute Gasteiger partial charge is 0.255 e. The molecule has 2 aromatic rings. The highest BCUT2D eigenvalue weighted by Crippen LogP contribution is 2.34. The van der Waals surface area contributed by atoms with E-state index in [1.807, 2.05) is 0 Å². The number of ether oxygens (including phenoxy) is 2. The highest BCUT2D eigenvalue weighted by atomic mass is 16.5. The highest BCUT2D eigenvalue weighted by molar-refractivity contribution is 6.53. The summed E-state index contributed by atoms with van der Waals surface area (Å²) in [7, 11) is 29.3. The summed E-state index contributed by atoms with van der Waals surface area (Å²) >= 11 is 0. The largest absolute Gasteiger partial charge is 0.489 e. The minimum absolute atomic E-state index is 0.00926. The SMILES string of the molecule is [B]C1OC([B])([B])C(=O)N(Cc2ccc(COc3cccc4c3CN(C3CCC(=O)NC3=O)C4=O)cc2)C1([B])[B]. The summed E-state index contributed by atoms with van der Waals surface area (Å²) in [5, 5.41) is -1.68. The van der Waals surface area contributed by atoms with Crippen molar-refractivity contribution in [1.29, 1.82) is 0 Å². The Morgan fingerprint density at radius 3 is 2.38 bits per heavy atom. The second-order valence-corrected chi connectivity index (χ2v) is 9.90. The van der Waals surface area contributed by atoms with Crippen LogP contribution >= 0.6 is 0 Å². The molecular formula is C25H20B5N3O6. The van der Waals surface area contributed by atoms with Gasteiger partial charge in [0.1, 0.15) is 41.9 Å². The van der Waals surface area contributed by atoms with Crippen LogP contribution in [0.4, 0.5) is 0 Å². The van der Waals surface area contributed by atoms with Crippen LogP contribution in [0.5, 0.6) is 5.75 Å². The predicted molar refractivity (Wildman–Crippen MR) is 143 cm³/mol. The zero-order valence-corrected chi connectivity index (χ0v) is 21.0. The Hall–Kier alpha value is -3.40. The number of hydrogen-bond donors (Lipinski definition) is 1. The summed E-state index contributed by atoms with van der Waals surface area (Å²) < 4.78 is 11.1. The molecule has 0 aliphatic carbocycles. The van der Waals surface area contributed by atoms with Gasteiger partial charge in [0.05, 0.1) is 27.6 Å². The third kappa shape index (κ3) is 5.02.